The lowest BCUT2D eigenvalue weighted by molar-refractivity contribution is -0.359. The summed E-state index contributed by atoms with van der Waals surface area (Å²) in [7, 11) is 0. The number of rotatable bonds is 2. The third kappa shape index (κ3) is 1.80. The van der Waals surface area contributed by atoms with Gasteiger partial charge < -0.3 is 0 Å². The molecule has 0 atom stereocenters. The van der Waals surface area contributed by atoms with Gasteiger partial charge in [-0.25, -0.2) is 0 Å². The van der Waals surface area contributed by atoms with Gasteiger partial charge in [0, 0.05) is 5.92 Å². The van der Waals surface area contributed by atoms with E-state index in [0.29, 0.717) is 0 Å². The van der Waals surface area contributed by atoms with E-state index in [2.05, 4.69) is 4.89 Å². The Labute approximate surface area is 50.4 Å². The van der Waals surface area contributed by atoms with E-state index in [-0.39, 0.29) is 0 Å². The number of hydrogen-bond donors (Lipinski definition) is 0. The lowest BCUT2D eigenvalue weighted by Crippen LogP contribution is -2.27. The monoisotopic (exact) mass is 116 g/mol. The molecule has 0 bridgehead atoms. The van der Waals surface area contributed by atoms with Crippen LogP contribution in [0.25, 0.3) is 0 Å². The van der Waals surface area contributed by atoms with Crippen LogP contribution in [0.3, 0.4) is 0 Å². The summed E-state index contributed by atoms with van der Waals surface area (Å²) >= 11 is 0. The maximum Gasteiger partial charge on any atom is 0.107 e. The molecule has 0 heterocycles. The van der Waals surface area contributed by atoms with Crippen LogP contribution >= 0.6 is 0 Å². The third-order valence-electron chi connectivity index (χ3n) is 1.41. The van der Waals surface area contributed by atoms with Gasteiger partial charge in [-0.15, -0.1) is 0 Å². The van der Waals surface area contributed by atoms with Crippen molar-refractivity contribution in [2.24, 2.45) is 0 Å². The average molecular weight is 116 g/mol. The van der Waals surface area contributed by atoms with Crippen molar-refractivity contribution in [3.63, 3.8) is 0 Å². The molecule has 2 heteroatoms. The molecule has 0 rings (SSSR count). The van der Waals surface area contributed by atoms with Gasteiger partial charge in [-0.3, -0.25) is 0 Å². The predicted octanol–water partition coefficient (Wildman–Crippen LogP) is 1.74. The molecule has 0 aliphatic heterocycles. The molecule has 0 spiro atoms. The summed E-state index contributed by atoms with van der Waals surface area (Å²) < 4.78 is 0. The van der Waals surface area contributed by atoms with Gasteiger partial charge in [0.2, 0.25) is 0 Å². The van der Waals surface area contributed by atoms with Gasteiger partial charge in [-0.05, 0) is 19.1 Å². The van der Waals surface area contributed by atoms with Crippen LogP contribution in [-0.4, -0.2) is 5.60 Å². The van der Waals surface area contributed by atoms with Crippen molar-refractivity contribution in [1.82, 2.24) is 0 Å². The molecule has 2 radical (unpaired) electrons. The maximum absolute atomic E-state index is 9.87. The van der Waals surface area contributed by atoms with E-state index in [4.69, 9.17) is 0 Å². The zero-order chi connectivity index (χ0) is 6.78. The van der Waals surface area contributed by atoms with Crippen LogP contribution in [0.4, 0.5) is 0 Å². The second-order valence-corrected chi connectivity index (χ2v) is 2.59. The third-order valence-corrected chi connectivity index (χ3v) is 1.41. The molecule has 0 unspecified atom stereocenters. The first-order valence-corrected chi connectivity index (χ1v) is 2.62. The highest BCUT2D eigenvalue weighted by Gasteiger charge is 2.24. The molecule has 0 aliphatic carbocycles. The SMILES string of the molecule is C[C](C)C(C)(C)O[O]. The Bertz CT molecular complexity index is 66.9. The van der Waals surface area contributed by atoms with Gasteiger partial charge in [-0.2, -0.15) is 4.89 Å². The summed E-state index contributed by atoms with van der Waals surface area (Å²) in [5.74, 6) is 0.993. The Balaban J connectivity index is 3.71. The first-order chi connectivity index (χ1) is 3.50. The summed E-state index contributed by atoms with van der Waals surface area (Å²) in [6.45, 7) is 7.24. The lowest BCUT2D eigenvalue weighted by Gasteiger charge is -2.22. The van der Waals surface area contributed by atoms with Crippen molar-refractivity contribution in [2.75, 3.05) is 0 Å². The van der Waals surface area contributed by atoms with E-state index >= 15 is 0 Å². The standard InChI is InChI=1S/C6H12O2/c1-5(2)6(3,4)8-7/h1-4H3. The van der Waals surface area contributed by atoms with Crippen LogP contribution in [0.5, 0.6) is 0 Å². The molecule has 0 aromatic carbocycles. The smallest absolute Gasteiger partial charge is 0.107 e. The molecular weight excluding hydrogens is 104 g/mol. The van der Waals surface area contributed by atoms with Crippen LogP contribution in [0.15, 0.2) is 0 Å². The Hall–Kier alpha value is -0.0800. The number of hydrogen-bond acceptors (Lipinski definition) is 1. The quantitative estimate of drug-likeness (QED) is 0.399. The summed E-state index contributed by atoms with van der Waals surface area (Å²) in [6.07, 6.45) is 0. The molecule has 2 nitrogen and oxygen atoms in total. The molecule has 8 heavy (non-hydrogen) atoms. The van der Waals surface area contributed by atoms with Crippen molar-refractivity contribution in [2.45, 2.75) is 33.3 Å². The minimum absolute atomic E-state index is 0.597. The molecule has 0 amide bonds. The predicted molar refractivity (Wildman–Crippen MR) is 30.4 cm³/mol. The highest BCUT2D eigenvalue weighted by molar-refractivity contribution is 4.95. The van der Waals surface area contributed by atoms with E-state index in [1.54, 1.807) is 13.8 Å². The zero-order valence-corrected chi connectivity index (χ0v) is 5.82. The lowest BCUT2D eigenvalue weighted by atomic mass is 9.95. The van der Waals surface area contributed by atoms with E-state index in [0.717, 1.165) is 5.92 Å². The van der Waals surface area contributed by atoms with E-state index in [9.17, 15) is 5.26 Å². The fourth-order valence-corrected chi connectivity index (χ4v) is 0.0833. The van der Waals surface area contributed by atoms with E-state index < -0.39 is 5.60 Å². The zero-order valence-electron chi connectivity index (χ0n) is 5.82. The van der Waals surface area contributed by atoms with Crippen molar-refractivity contribution >= 4 is 0 Å². The largest absolute Gasteiger partial charge is 0.197 e. The van der Waals surface area contributed by atoms with Crippen LogP contribution in [0.2, 0.25) is 0 Å². The first-order valence-electron chi connectivity index (χ1n) is 2.62. The maximum atomic E-state index is 9.87. The molecule has 0 aliphatic rings. The first kappa shape index (κ1) is 7.92. The van der Waals surface area contributed by atoms with Gasteiger partial charge in [0.05, 0.1) is 0 Å². The Kier molecular flexibility index (Phi) is 2.44. The van der Waals surface area contributed by atoms with Crippen LogP contribution in [0.1, 0.15) is 27.7 Å². The minimum Gasteiger partial charge on any atom is -0.197 e. The highest BCUT2D eigenvalue weighted by Crippen LogP contribution is 2.20. The molecule has 0 saturated heterocycles. The Morgan fingerprint density at radius 1 is 1.38 bits per heavy atom. The topological polar surface area (TPSA) is 29.1 Å². The van der Waals surface area contributed by atoms with Crippen LogP contribution in [-0.2, 0) is 10.1 Å². The second kappa shape index (κ2) is 2.46. The Morgan fingerprint density at radius 3 is 1.75 bits per heavy atom. The van der Waals surface area contributed by atoms with Crippen LogP contribution in [0, 0.1) is 5.92 Å². The average Bonchev–Trinajstić information content (AvgIpc) is 1.67. The Morgan fingerprint density at radius 2 is 1.75 bits per heavy atom. The summed E-state index contributed by atoms with van der Waals surface area (Å²) in [5.41, 5.74) is -0.597. The molecule has 0 fully saturated rings. The minimum atomic E-state index is -0.597. The van der Waals surface area contributed by atoms with Gasteiger partial charge in [-0.1, -0.05) is 13.8 Å². The van der Waals surface area contributed by atoms with E-state index in [1.165, 1.54) is 0 Å². The normalized spacial score (nSPS) is 12.8. The van der Waals surface area contributed by atoms with Crippen molar-refractivity contribution in [3.05, 3.63) is 5.92 Å². The second-order valence-electron chi connectivity index (χ2n) is 2.59. The van der Waals surface area contributed by atoms with E-state index in [1.807, 2.05) is 13.8 Å². The summed E-state index contributed by atoms with van der Waals surface area (Å²) in [5, 5.41) is 9.87. The molecule has 0 aromatic heterocycles. The highest BCUT2D eigenvalue weighted by atomic mass is 17.1. The molecular formula is C6H12O2. The van der Waals surface area contributed by atoms with Crippen LogP contribution < -0.4 is 0 Å². The fourth-order valence-electron chi connectivity index (χ4n) is 0.0833. The van der Waals surface area contributed by atoms with Gasteiger partial charge >= 0.3 is 0 Å². The van der Waals surface area contributed by atoms with Gasteiger partial charge in [0.1, 0.15) is 5.60 Å². The molecule has 0 N–H and O–H groups in total. The van der Waals surface area contributed by atoms with Gasteiger partial charge in [0.25, 0.3) is 0 Å². The molecule has 48 valence electrons. The summed E-state index contributed by atoms with van der Waals surface area (Å²) in [6, 6.07) is 0. The van der Waals surface area contributed by atoms with Crippen molar-refractivity contribution < 1.29 is 10.1 Å². The van der Waals surface area contributed by atoms with Gasteiger partial charge in [0.15, 0.2) is 0 Å². The fraction of sp³-hybridized carbons (Fsp3) is 0.833. The summed E-state index contributed by atoms with van der Waals surface area (Å²) in [4.78, 5) is 3.91. The molecule has 0 saturated carbocycles. The van der Waals surface area contributed by atoms with Crippen molar-refractivity contribution in [1.29, 1.82) is 0 Å². The molecule has 0 aromatic rings. The van der Waals surface area contributed by atoms with Crippen molar-refractivity contribution in [3.8, 4) is 0 Å².